The third-order valence-corrected chi connectivity index (χ3v) is 2.98. The number of allylic oxidation sites excluding steroid dienone is 2. The molecule has 1 aromatic carbocycles. The lowest BCUT2D eigenvalue weighted by Gasteiger charge is -2.06. The van der Waals surface area contributed by atoms with E-state index in [1.807, 2.05) is 0 Å². The smallest absolute Gasteiger partial charge is 0.0400 e. The van der Waals surface area contributed by atoms with Gasteiger partial charge < -0.3 is 5.32 Å². The van der Waals surface area contributed by atoms with Crippen LogP contribution in [0.2, 0.25) is 0 Å². The number of para-hydroxylation sites is 1. The Morgan fingerprint density at radius 1 is 1.07 bits per heavy atom. The first-order valence-electron chi connectivity index (χ1n) is 5.47. The Bertz CT molecular complexity index is 413. The maximum absolute atomic E-state index is 3.48. The Balaban J connectivity index is 2.41. The van der Waals surface area contributed by atoms with Crippen molar-refractivity contribution in [3.8, 4) is 0 Å². The fourth-order valence-electron chi connectivity index (χ4n) is 2.04. The van der Waals surface area contributed by atoms with E-state index >= 15 is 0 Å². The average Bonchev–Trinajstić information content (AvgIpc) is 2.47. The first-order chi connectivity index (χ1) is 7.35. The molecule has 0 amide bonds. The zero-order valence-corrected chi connectivity index (χ0v) is 9.38. The molecule has 0 aliphatic carbocycles. The summed E-state index contributed by atoms with van der Waals surface area (Å²) < 4.78 is 0. The second-order valence-electron chi connectivity index (χ2n) is 3.82. The van der Waals surface area contributed by atoms with Crippen molar-refractivity contribution in [1.29, 1.82) is 0 Å². The molecule has 0 bridgehead atoms. The largest absolute Gasteiger partial charge is 0.381 e. The fourth-order valence-corrected chi connectivity index (χ4v) is 2.04. The van der Waals surface area contributed by atoms with Crippen LogP contribution in [0.15, 0.2) is 47.6 Å². The van der Waals surface area contributed by atoms with Crippen molar-refractivity contribution in [3.05, 3.63) is 53.1 Å². The lowest BCUT2D eigenvalue weighted by atomic mass is 9.99. The first-order valence-corrected chi connectivity index (χ1v) is 5.47. The van der Waals surface area contributed by atoms with Gasteiger partial charge in [-0.3, -0.25) is 0 Å². The van der Waals surface area contributed by atoms with Gasteiger partial charge in [0, 0.05) is 12.2 Å². The van der Waals surface area contributed by atoms with Gasteiger partial charge in [-0.1, -0.05) is 30.4 Å². The minimum Gasteiger partial charge on any atom is -0.381 e. The summed E-state index contributed by atoms with van der Waals surface area (Å²) in [7, 11) is 0. The molecule has 2 rings (SSSR count). The van der Waals surface area contributed by atoms with E-state index in [9.17, 15) is 0 Å². The number of benzene rings is 1. The molecule has 0 atom stereocenters. The van der Waals surface area contributed by atoms with E-state index in [-0.39, 0.29) is 0 Å². The second kappa shape index (κ2) is 4.35. The molecule has 1 aliphatic heterocycles. The van der Waals surface area contributed by atoms with Gasteiger partial charge in [-0.2, -0.15) is 0 Å². The highest BCUT2D eigenvalue weighted by Crippen LogP contribution is 2.26. The summed E-state index contributed by atoms with van der Waals surface area (Å²) in [5.41, 5.74) is 5.51. The van der Waals surface area contributed by atoms with Gasteiger partial charge in [-0.25, -0.2) is 0 Å². The number of anilines is 1. The Hall–Kier alpha value is -1.50. The third kappa shape index (κ3) is 1.96. The Kier molecular flexibility index (Phi) is 2.91. The van der Waals surface area contributed by atoms with E-state index in [1.54, 1.807) is 0 Å². The summed E-state index contributed by atoms with van der Waals surface area (Å²) >= 11 is 0. The molecule has 0 saturated heterocycles. The van der Waals surface area contributed by atoms with E-state index in [4.69, 9.17) is 0 Å². The summed E-state index contributed by atoms with van der Waals surface area (Å²) in [5, 5.41) is 3.48. The normalized spacial score (nSPS) is 20.9. The molecule has 0 saturated carbocycles. The molecule has 1 aromatic rings. The number of rotatable bonds is 0. The van der Waals surface area contributed by atoms with Gasteiger partial charge in [0.15, 0.2) is 0 Å². The molecule has 0 radical (unpaired) electrons. The topological polar surface area (TPSA) is 12.0 Å². The Morgan fingerprint density at radius 2 is 1.80 bits per heavy atom. The highest BCUT2D eigenvalue weighted by Gasteiger charge is 2.12. The summed E-state index contributed by atoms with van der Waals surface area (Å²) in [6, 6.07) is 8.54. The van der Waals surface area contributed by atoms with Crippen molar-refractivity contribution in [2.45, 2.75) is 20.3 Å². The standard InChI is InChI=1S/C14H17N/c1-3-11-9-13-7-5-6-8-14(13)15-10-12(11)4-2/h3-8,15H,9-10H2,1-2H3/b11-3-,12-4-. The molecule has 15 heavy (non-hydrogen) atoms. The van der Waals surface area contributed by atoms with Crippen molar-refractivity contribution < 1.29 is 0 Å². The molecule has 1 N–H and O–H groups in total. The number of fused-ring (bicyclic) bond motifs is 1. The zero-order chi connectivity index (χ0) is 10.7. The van der Waals surface area contributed by atoms with Gasteiger partial charge in [-0.15, -0.1) is 0 Å². The summed E-state index contributed by atoms with van der Waals surface area (Å²) in [4.78, 5) is 0. The van der Waals surface area contributed by atoms with Crippen molar-refractivity contribution in [2.24, 2.45) is 0 Å². The second-order valence-corrected chi connectivity index (χ2v) is 3.82. The van der Waals surface area contributed by atoms with Crippen LogP contribution < -0.4 is 5.32 Å². The van der Waals surface area contributed by atoms with E-state index in [0.717, 1.165) is 13.0 Å². The minimum absolute atomic E-state index is 0.938. The van der Waals surface area contributed by atoms with E-state index < -0.39 is 0 Å². The Morgan fingerprint density at radius 3 is 2.53 bits per heavy atom. The van der Waals surface area contributed by atoms with Crippen molar-refractivity contribution in [3.63, 3.8) is 0 Å². The predicted molar refractivity (Wildman–Crippen MR) is 66.1 cm³/mol. The van der Waals surface area contributed by atoms with Crippen molar-refractivity contribution in [1.82, 2.24) is 0 Å². The highest BCUT2D eigenvalue weighted by atomic mass is 14.9. The van der Waals surface area contributed by atoms with Crippen LogP contribution >= 0.6 is 0 Å². The van der Waals surface area contributed by atoms with Gasteiger partial charge in [0.2, 0.25) is 0 Å². The van der Waals surface area contributed by atoms with Gasteiger partial charge in [0.05, 0.1) is 0 Å². The lowest BCUT2D eigenvalue weighted by Crippen LogP contribution is -2.03. The molecule has 0 fully saturated rings. The molecule has 78 valence electrons. The Labute approximate surface area is 91.5 Å². The van der Waals surface area contributed by atoms with Crippen LogP contribution in [0.4, 0.5) is 5.69 Å². The van der Waals surface area contributed by atoms with Crippen LogP contribution in [0.5, 0.6) is 0 Å². The average molecular weight is 199 g/mol. The van der Waals surface area contributed by atoms with E-state index in [2.05, 4.69) is 55.6 Å². The SMILES string of the molecule is C/C=C1/Cc2ccccc2NC/C1=C/C. The van der Waals surface area contributed by atoms with E-state index in [0.29, 0.717) is 0 Å². The van der Waals surface area contributed by atoms with Crippen LogP contribution in [-0.2, 0) is 6.42 Å². The third-order valence-electron chi connectivity index (χ3n) is 2.98. The van der Waals surface area contributed by atoms with Gasteiger partial charge >= 0.3 is 0 Å². The highest BCUT2D eigenvalue weighted by molar-refractivity contribution is 5.58. The lowest BCUT2D eigenvalue weighted by molar-refractivity contribution is 1.14. The maximum Gasteiger partial charge on any atom is 0.0400 e. The first kappa shape index (κ1) is 10.0. The number of hydrogen-bond acceptors (Lipinski definition) is 1. The van der Waals surface area contributed by atoms with Crippen LogP contribution in [-0.4, -0.2) is 6.54 Å². The number of hydrogen-bond donors (Lipinski definition) is 1. The van der Waals surface area contributed by atoms with Crippen LogP contribution in [0.25, 0.3) is 0 Å². The monoisotopic (exact) mass is 199 g/mol. The molecule has 0 unspecified atom stereocenters. The molecule has 1 aliphatic rings. The molecule has 1 nitrogen and oxygen atoms in total. The molecule has 1 heterocycles. The molecular formula is C14H17N. The summed E-state index contributed by atoms with van der Waals surface area (Å²) in [6.07, 6.45) is 5.46. The van der Waals surface area contributed by atoms with E-state index in [1.165, 1.54) is 22.4 Å². The molecule has 0 aromatic heterocycles. The summed E-state index contributed by atoms with van der Waals surface area (Å²) in [6.45, 7) is 5.16. The van der Waals surface area contributed by atoms with Gasteiger partial charge in [0.25, 0.3) is 0 Å². The number of nitrogens with one attached hydrogen (secondary N) is 1. The zero-order valence-electron chi connectivity index (χ0n) is 9.38. The van der Waals surface area contributed by atoms with Crippen LogP contribution in [0, 0.1) is 0 Å². The quantitative estimate of drug-likeness (QED) is 0.673. The van der Waals surface area contributed by atoms with Crippen LogP contribution in [0.1, 0.15) is 19.4 Å². The molecular weight excluding hydrogens is 182 g/mol. The van der Waals surface area contributed by atoms with Gasteiger partial charge in [-0.05, 0) is 43.0 Å². The summed E-state index contributed by atoms with van der Waals surface area (Å²) in [5.74, 6) is 0. The van der Waals surface area contributed by atoms with Crippen molar-refractivity contribution >= 4 is 5.69 Å². The molecule has 1 heteroatoms. The van der Waals surface area contributed by atoms with Gasteiger partial charge in [0.1, 0.15) is 0 Å². The minimum atomic E-state index is 0.938. The van der Waals surface area contributed by atoms with Crippen molar-refractivity contribution in [2.75, 3.05) is 11.9 Å². The van der Waals surface area contributed by atoms with Crippen LogP contribution in [0.3, 0.4) is 0 Å². The maximum atomic E-state index is 3.48. The molecule has 0 spiro atoms. The predicted octanol–water partition coefficient (Wildman–Crippen LogP) is 3.55. The fraction of sp³-hybridized carbons (Fsp3) is 0.286.